The van der Waals surface area contributed by atoms with Gasteiger partial charge in [-0.15, -0.1) is 0 Å². The highest BCUT2D eigenvalue weighted by Crippen LogP contribution is 2.64. The summed E-state index contributed by atoms with van der Waals surface area (Å²) in [5.74, 6) is 0. The van der Waals surface area contributed by atoms with Crippen LogP contribution in [0, 0.1) is 0 Å². The van der Waals surface area contributed by atoms with Crippen molar-refractivity contribution in [1.29, 1.82) is 0 Å². The van der Waals surface area contributed by atoms with E-state index in [1.165, 1.54) is 83.2 Å². The lowest BCUT2D eigenvalue weighted by Gasteiger charge is -2.37. The SMILES string of the molecule is C1=CC2=C(CC1)C1(C3=C(C=CCC3)c3cc(N(c4ccc5ccccc5c4-c4ccccc4)C4C=CC(c5cccc6oc7ccccc7c56)=CC4)ccc31)c1ccccc12. The molecule has 2 atom stereocenters. The lowest BCUT2D eigenvalue weighted by atomic mass is 9.66. The molecule has 0 radical (unpaired) electrons. The third-order valence-corrected chi connectivity index (χ3v) is 14.2. The molecule has 7 aromatic carbocycles. The van der Waals surface area contributed by atoms with E-state index < -0.39 is 0 Å². The van der Waals surface area contributed by atoms with Gasteiger partial charge in [-0.2, -0.15) is 0 Å². The smallest absolute Gasteiger partial charge is 0.136 e. The topological polar surface area (TPSA) is 16.4 Å². The van der Waals surface area contributed by atoms with E-state index >= 15 is 0 Å². The first-order valence-electron chi connectivity index (χ1n) is 22.0. The maximum atomic E-state index is 6.33. The van der Waals surface area contributed by atoms with E-state index in [9.17, 15) is 0 Å². The Morgan fingerprint density at radius 2 is 1.26 bits per heavy atom. The van der Waals surface area contributed by atoms with Gasteiger partial charge in [0.2, 0.25) is 0 Å². The minimum atomic E-state index is -0.214. The van der Waals surface area contributed by atoms with Crippen molar-refractivity contribution in [3.8, 4) is 11.1 Å². The Labute approximate surface area is 356 Å². The number of hydrogen-bond acceptors (Lipinski definition) is 2. The molecule has 5 aliphatic rings. The third kappa shape index (κ3) is 4.97. The van der Waals surface area contributed by atoms with Gasteiger partial charge in [-0.1, -0.05) is 164 Å². The molecule has 0 fully saturated rings. The van der Waals surface area contributed by atoms with Gasteiger partial charge in [0.15, 0.2) is 0 Å². The van der Waals surface area contributed by atoms with Gasteiger partial charge < -0.3 is 9.32 Å². The molecule has 61 heavy (non-hydrogen) atoms. The van der Waals surface area contributed by atoms with Crippen LogP contribution in [0.25, 0.3) is 60.6 Å². The number of anilines is 2. The highest BCUT2D eigenvalue weighted by molar-refractivity contribution is 6.11. The fourth-order valence-corrected chi connectivity index (χ4v) is 11.8. The first kappa shape index (κ1) is 34.7. The minimum Gasteiger partial charge on any atom is -0.456 e. The second-order valence-electron chi connectivity index (χ2n) is 17.2. The van der Waals surface area contributed by atoms with Crippen LogP contribution in [-0.2, 0) is 5.41 Å². The average Bonchev–Trinajstić information content (AvgIpc) is 3.96. The molecule has 0 bridgehead atoms. The minimum absolute atomic E-state index is 0.0708. The molecule has 0 saturated carbocycles. The van der Waals surface area contributed by atoms with Crippen LogP contribution in [0.4, 0.5) is 11.4 Å². The molecule has 0 aliphatic heterocycles. The van der Waals surface area contributed by atoms with Crippen LogP contribution in [0.3, 0.4) is 0 Å². The standard InChI is InChI=1S/C59H43NO/c1-2-16-40(17-3-1)57-43-18-5-4-15-38(43)31-36-54(57)60(41-32-29-39(30-33-41)44-23-14-28-56-58(44)48-22-9-13-27-55(48)61-56)42-34-35-53-49(37-42)47-21-8-12-26-52(47)59(53)50-24-10-6-19-45(50)46-20-7-11-25-51(46)59/h1-10,13-24,27-32,34-37,41H,11-12,25-26,33H2. The van der Waals surface area contributed by atoms with Gasteiger partial charge in [0, 0.05) is 22.0 Å². The summed E-state index contributed by atoms with van der Waals surface area (Å²) in [5.41, 5.74) is 20.8. The maximum Gasteiger partial charge on any atom is 0.136 e. The van der Waals surface area contributed by atoms with Gasteiger partial charge in [-0.05, 0) is 134 Å². The Bertz CT molecular complexity index is 3350. The molecule has 2 nitrogen and oxygen atoms in total. The Morgan fingerprint density at radius 1 is 0.557 bits per heavy atom. The summed E-state index contributed by atoms with van der Waals surface area (Å²) in [4.78, 5) is 2.64. The molecule has 8 aromatic rings. The van der Waals surface area contributed by atoms with Crippen molar-refractivity contribution >= 4 is 60.8 Å². The zero-order chi connectivity index (χ0) is 40.1. The molecule has 0 saturated heterocycles. The first-order chi connectivity index (χ1) is 30.3. The van der Waals surface area contributed by atoms with Crippen molar-refractivity contribution in [3.63, 3.8) is 0 Å². The van der Waals surface area contributed by atoms with Crippen LogP contribution >= 0.6 is 0 Å². The molecule has 1 heterocycles. The molecule has 0 amide bonds. The second-order valence-corrected chi connectivity index (χ2v) is 17.2. The number of nitrogens with zero attached hydrogens (tertiary/aromatic N) is 1. The normalized spacial score (nSPS) is 19.8. The van der Waals surface area contributed by atoms with E-state index in [0.717, 1.165) is 48.7 Å². The Kier molecular flexibility index (Phi) is 7.63. The van der Waals surface area contributed by atoms with E-state index in [-0.39, 0.29) is 11.5 Å². The number of hydrogen-bond donors (Lipinski definition) is 0. The number of rotatable bonds is 5. The van der Waals surface area contributed by atoms with Crippen molar-refractivity contribution in [3.05, 3.63) is 233 Å². The van der Waals surface area contributed by atoms with Gasteiger partial charge in [-0.3, -0.25) is 0 Å². The molecule has 2 heteroatoms. The predicted molar refractivity (Wildman–Crippen MR) is 255 cm³/mol. The highest BCUT2D eigenvalue weighted by atomic mass is 16.3. The van der Waals surface area contributed by atoms with Crippen LogP contribution in [0.15, 0.2) is 210 Å². The Hall–Kier alpha value is -7.16. The summed E-state index contributed by atoms with van der Waals surface area (Å²) in [6.45, 7) is 0. The largest absolute Gasteiger partial charge is 0.456 e. The molecule has 5 aliphatic carbocycles. The van der Waals surface area contributed by atoms with Gasteiger partial charge in [0.25, 0.3) is 0 Å². The number of furan rings is 1. The zero-order valence-electron chi connectivity index (χ0n) is 33.9. The van der Waals surface area contributed by atoms with E-state index in [4.69, 9.17) is 4.42 Å². The predicted octanol–water partition coefficient (Wildman–Crippen LogP) is 15.5. The number of allylic oxidation sites excluding steroid dienone is 10. The van der Waals surface area contributed by atoms with Crippen LogP contribution < -0.4 is 4.90 Å². The zero-order valence-corrected chi connectivity index (χ0v) is 33.9. The summed E-state index contributed by atoms with van der Waals surface area (Å²) >= 11 is 0. The van der Waals surface area contributed by atoms with E-state index in [2.05, 4.69) is 199 Å². The summed E-state index contributed by atoms with van der Waals surface area (Å²) in [6, 6.07) is 56.3. The van der Waals surface area contributed by atoms with Crippen LogP contribution in [0.2, 0.25) is 0 Å². The van der Waals surface area contributed by atoms with Crippen LogP contribution in [-0.4, -0.2) is 6.04 Å². The number of fused-ring (bicyclic) bond motifs is 12. The summed E-state index contributed by atoms with van der Waals surface area (Å²) < 4.78 is 6.33. The molecule has 290 valence electrons. The number of para-hydroxylation sites is 1. The van der Waals surface area contributed by atoms with Gasteiger partial charge in [-0.25, -0.2) is 0 Å². The van der Waals surface area contributed by atoms with Crippen molar-refractivity contribution in [2.75, 3.05) is 4.90 Å². The van der Waals surface area contributed by atoms with E-state index in [1.807, 2.05) is 0 Å². The molecule has 0 N–H and O–H groups in total. The number of benzene rings is 7. The summed E-state index contributed by atoms with van der Waals surface area (Å²) in [7, 11) is 0. The monoisotopic (exact) mass is 781 g/mol. The summed E-state index contributed by atoms with van der Waals surface area (Å²) in [5, 5.41) is 4.85. The van der Waals surface area contributed by atoms with Gasteiger partial charge in [0.1, 0.15) is 11.2 Å². The molecule has 13 rings (SSSR count). The highest BCUT2D eigenvalue weighted by Gasteiger charge is 2.53. The maximum absolute atomic E-state index is 6.33. The van der Waals surface area contributed by atoms with Crippen molar-refractivity contribution in [1.82, 2.24) is 0 Å². The third-order valence-electron chi connectivity index (χ3n) is 14.2. The second kappa shape index (κ2) is 13.4. The molecular weight excluding hydrogens is 739 g/mol. The molecule has 1 spiro atoms. The van der Waals surface area contributed by atoms with Crippen molar-refractivity contribution < 1.29 is 4.42 Å². The van der Waals surface area contributed by atoms with E-state index in [1.54, 1.807) is 11.1 Å². The molecule has 2 unspecified atom stereocenters. The van der Waals surface area contributed by atoms with Crippen LogP contribution in [0.5, 0.6) is 0 Å². The Morgan fingerprint density at radius 3 is 2.10 bits per heavy atom. The summed E-state index contributed by atoms with van der Waals surface area (Å²) in [6.07, 6.45) is 22.1. The van der Waals surface area contributed by atoms with E-state index in [0.29, 0.717) is 0 Å². The average molecular weight is 782 g/mol. The van der Waals surface area contributed by atoms with Crippen molar-refractivity contribution in [2.45, 2.75) is 43.6 Å². The fourth-order valence-electron chi connectivity index (χ4n) is 11.8. The first-order valence-corrected chi connectivity index (χ1v) is 22.0. The molecule has 1 aromatic heterocycles. The quantitative estimate of drug-likeness (QED) is 0.173. The van der Waals surface area contributed by atoms with Crippen LogP contribution in [0.1, 0.15) is 59.9 Å². The Balaban J connectivity index is 1.01. The lowest BCUT2D eigenvalue weighted by molar-refractivity contribution is 0.661. The fraction of sp³-hybridized carbons (Fsp3) is 0.119. The van der Waals surface area contributed by atoms with Crippen molar-refractivity contribution in [2.24, 2.45) is 0 Å². The molecular formula is C59H43NO. The lowest BCUT2D eigenvalue weighted by Crippen LogP contribution is -2.31. The van der Waals surface area contributed by atoms with Gasteiger partial charge in [0.05, 0.1) is 17.1 Å². The van der Waals surface area contributed by atoms with Gasteiger partial charge >= 0.3 is 0 Å².